The average Bonchev–Trinajstić information content (AvgIpc) is 2.19. The van der Waals surface area contributed by atoms with Gasteiger partial charge in [-0.3, -0.25) is 0 Å². The maximum absolute atomic E-state index is 12.4. The molecule has 0 fully saturated rings. The molecule has 5 heteroatoms. The second kappa shape index (κ2) is 5.29. The van der Waals surface area contributed by atoms with Crippen LogP contribution in [0.15, 0.2) is 22.7 Å². The number of anilines is 1. The zero-order valence-electron chi connectivity index (χ0n) is 9.90. The van der Waals surface area contributed by atoms with E-state index in [1.807, 2.05) is 6.92 Å². The molecule has 0 spiro atoms. The third kappa shape index (κ3) is 3.91. The van der Waals surface area contributed by atoms with Gasteiger partial charge in [0.2, 0.25) is 0 Å². The third-order valence-electron chi connectivity index (χ3n) is 2.68. The van der Waals surface area contributed by atoms with Gasteiger partial charge in [-0.1, -0.05) is 13.8 Å². The summed E-state index contributed by atoms with van der Waals surface area (Å²) in [4.78, 5) is 0. The van der Waals surface area contributed by atoms with Gasteiger partial charge in [-0.25, -0.2) is 0 Å². The molecular weight excluding hydrogens is 295 g/mol. The number of alkyl halides is 3. The van der Waals surface area contributed by atoms with Crippen LogP contribution in [0.1, 0.15) is 26.3 Å². The lowest BCUT2D eigenvalue weighted by Gasteiger charge is -2.20. The van der Waals surface area contributed by atoms with Crippen molar-refractivity contribution in [2.45, 2.75) is 33.0 Å². The minimum atomic E-state index is -4.30. The normalized spacial score (nSPS) is 13.9. The molecule has 1 aromatic rings. The number of hydrogen-bond acceptors (Lipinski definition) is 1. The monoisotopic (exact) mass is 309 g/mol. The fourth-order valence-electron chi connectivity index (χ4n) is 1.22. The first-order valence-corrected chi connectivity index (χ1v) is 6.14. The van der Waals surface area contributed by atoms with Crippen LogP contribution in [0, 0.1) is 5.92 Å². The lowest BCUT2D eigenvalue weighted by atomic mass is 10.1. The molecule has 1 N–H and O–H groups in total. The molecule has 96 valence electrons. The van der Waals surface area contributed by atoms with Gasteiger partial charge in [-0.2, -0.15) is 13.2 Å². The first-order chi connectivity index (χ1) is 7.71. The van der Waals surface area contributed by atoms with Crippen molar-refractivity contribution >= 4 is 21.6 Å². The van der Waals surface area contributed by atoms with Crippen molar-refractivity contribution in [2.24, 2.45) is 5.92 Å². The summed E-state index contributed by atoms with van der Waals surface area (Å²) < 4.78 is 37.8. The average molecular weight is 310 g/mol. The summed E-state index contributed by atoms with van der Waals surface area (Å²) in [6, 6.07) is 3.82. The van der Waals surface area contributed by atoms with Crippen molar-refractivity contribution in [3.8, 4) is 0 Å². The van der Waals surface area contributed by atoms with E-state index in [2.05, 4.69) is 35.1 Å². The second-order valence-electron chi connectivity index (χ2n) is 4.37. The summed E-state index contributed by atoms with van der Waals surface area (Å²) in [5, 5.41) is 3.17. The quantitative estimate of drug-likeness (QED) is 0.835. The fourth-order valence-corrected chi connectivity index (χ4v) is 1.71. The minimum absolute atomic E-state index is 0.197. The predicted molar refractivity (Wildman–Crippen MR) is 67.1 cm³/mol. The van der Waals surface area contributed by atoms with E-state index >= 15 is 0 Å². The maximum Gasteiger partial charge on any atom is 0.416 e. The summed E-state index contributed by atoms with van der Waals surface area (Å²) in [5.41, 5.74) is 0.0336. The van der Waals surface area contributed by atoms with E-state index in [9.17, 15) is 13.2 Å². The summed E-state index contributed by atoms with van der Waals surface area (Å²) in [6.45, 7) is 6.10. The van der Waals surface area contributed by atoms with Gasteiger partial charge in [0, 0.05) is 16.2 Å². The van der Waals surface area contributed by atoms with Gasteiger partial charge in [0.1, 0.15) is 0 Å². The Balaban J connectivity index is 2.91. The van der Waals surface area contributed by atoms with Crippen LogP contribution in [-0.4, -0.2) is 6.04 Å². The molecule has 1 unspecified atom stereocenters. The van der Waals surface area contributed by atoms with Crippen molar-refractivity contribution < 1.29 is 13.2 Å². The molecule has 0 aliphatic heterocycles. The molecular formula is C12H15BrF3N. The first kappa shape index (κ1) is 14.4. The van der Waals surface area contributed by atoms with Gasteiger partial charge >= 0.3 is 6.18 Å². The Morgan fingerprint density at radius 1 is 1.18 bits per heavy atom. The Morgan fingerprint density at radius 3 is 2.18 bits per heavy atom. The minimum Gasteiger partial charge on any atom is -0.381 e. The van der Waals surface area contributed by atoms with E-state index in [1.165, 1.54) is 6.07 Å². The molecule has 0 heterocycles. The molecule has 1 atom stereocenters. The highest BCUT2D eigenvalue weighted by Gasteiger charge is 2.30. The van der Waals surface area contributed by atoms with Crippen molar-refractivity contribution in [2.75, 3.05) is 5.32 Å². The standard InChI is InChI=1S/C12H15BrF3N/c1-7(2)8(3)17-11-5-4-9(6-10(11)13)12(14,15)16/h4-8,17H,1-3H3. The second-order valence-corrected chi connectivity index (χ2v) is 5.22. The van der Waals surface area contributed by atoms with Crippen molar-refractivity contribution in [1.29, 1.82) is 0 Å². The van der Waals surface area contributed by atoms with Crippen LogP contribution >= 0.6 is 15.9 Å². The van der Waals surface area contributed by atoms with Gasteiger partial charge in [-0.05, 0) is 47.0 Å². The van der Waals surface area contributed by atoms with Gasteiger partial charge in [0.15, 0.2) is 0 Å². The molecule has 17 heavy (non-hydrogen) atoms. The van der Waals surface area contributed by atoms with Crippen LogP contribution in [0.4, 0.5) is 18.9 Å². The SMILES string of the molecule is CC(C)C(C)Nc1ccc(C(F)(F)F)cc1Br. The maximum atomic E-state index is 12.4. The van der Waals surface area contributed by atoms with E-state index in [0.29, 0.717) is 16.1 Å². The van der Waals surface area contributed by atoms with Gasteiger partial charge in [0.25, 0.3) is 0 Å². The van der Waals surface area contributed by atoms with Crippen LogP contribution < -0.4 is 5.32 Å². The third-order valence-corrected chi connectivity index (χ3v) is 3.34. The Bertz CT molecular complexity index is 388. The Kier molecular flexibility index (Phi) is 4.47. The molecule has 1 aromatic carbocycles. The number of halogens is 4. The Labute approximate surface area is 108 Å². The molecule has 0 aliphatic rings. The fraction of sp³-hybridized carbons (Fsp3) is 0.500. The van der Waals surface area contributed by atoms with Crippen LogP contribution in [-0.2, 0) is 6.18 Å². The smallest absolute Gasteiger partial charge is 0.381 e. The van der Waals surface area contributed by atoms with Gasteiger partial charge < -0.3 is 5.32 Å². The zero-order valence-corrected chi connectivity index (χ0v) is 11.5. The topological polar surface area (TPSA) is 12.0 Å². The number of benzene rings is 1. The van der Waals surface area contributed by atoms with Crippen LogP contribution in [0.5, 0.6) is 0 Å². The highest BCUT2D eigenvalue weighted by molar-refractivity contribution is 9.10. The summed E-state index contributed by atoms with van der Waals surface area (Å²) in [5.74, 6) is 0.407. The van der Waals surface area contributed by atoms with Crippen molar-refractivity contribution in [3.05, 3.63) is 28.2 Å². The van der Waals surface area contributed by atoms with Crippen molar-refractivity contribution in [3.63, 3.8) is 0 Å². The molecule has 0 bridgehead atoms. The molecule has 1 rings (SSSR count). The summed E-state index contributed by atoms with van der Waals surface area (Å²) in [6.07, 6.45) is -4.30. The summed E-state index contributed by atoms with van der Waals surface area (Å²) >= 11 is 3.15. The molecule has 0 saturated carbocycles. The Hall–Kier alpha value is -0.710. The molecule has 0 saturated heterocycles. The number of hydrogen-bond donors (Lipinski definition) is 1. The highest BCUT2D eigenvalue weighted by Crippen LogP contribution is 2.34. The largest absolute Gasteiger partial charge is 0.416 e. The van der Waals surface area contributed by atoms with Crippen LogP contribution in [0.25, 0.3) is 0 Å². The molecule has 0 aromatic heterocycles. The van der Waals surface area contributed by atoms with E-state index < -0.39 is 11.7 Å². The Morgan fingerprint density at radius 2 is 1.76 bits per heavy atom. The number of rotatable bonds is 3. The van der Waals surface area contributed by atoms with Crippen LogP contribution in [0.3, 0.4) is 0 Å². The molecule has 1 nitrogen and oxygen atoms in total. The van der Waals surface area contributed by atoms with Crippen LogP contribution in [0.2, 0.25) is 0 Å². The van der Waals surface area contributed by atoms with Gasteiger partial charge in [0.05, 0.1) is 5.56 Å². The van der Waals surface area contributed by atoms with E-state index in [4.69, 9.17) is 0 Å². The molecule has 0 radical (unpaired) electrons. The first-order valence-electron chi connectivity index (χ1n) is 5.35. The lowest BCUT2D eigenvalue weighted by Crippen LogP contribution is -2.21. The zero-order chi connectivity index (χ0) is 13.2. The van der Waals surface area contributed by atoms with E-state index in [1.54, 1.807) is 0 Å². The summed E-state index contributed by atoms with van der Waals surface area (Å²) in [7, 11) is 0. The van der Waals surface area contributed by atoms with E-state index in [-0.39, 0.29) is 6.04 Å². The van der Waals surface area contributed by atoms with Gasteiger partial charge in [-0.15, -0.1) is 0 Å². The van der Waals surface area contributed by atoms with Crippen molar-refractivity contribution in [1.82, 2.24) is 0 Å². The van der Waals surface area contributed by atoms with E-state index in [0.717, 1.165) is 12.1 Å². The number of nitrogens with one attached hydrogen (secondary N) is 1. The molecule has 0 aliphatic carbocycles. The predicted octanol–water partition coefficient (Wildman–Crippen LogP) is 4.92. The molecule has 0 amide bonds. The lowest BCUT2D eigenvalue weighted by molar-refractivity contribution is -0.137. The highest BCUT2D eigenvalue weighted by atomic mass is 79.9.